The first kappa shape index (κ1) is 14.1. The molecule has 0 atom stereocenters. The van der Waals surface area contributed by atoms with Gasteiger partial charge in [-0.1, -0.05) is 11.6 Å². The molecule has 0 amide bonds. The van der Waals surface area contributed by atoms with Crippen LogP contribution in [0.25, 0.3) is 0 Å². The van der Waals surface area contributed by atoms with Crippen molar-refractivity contribution < 1.29 is 8.42 Å². The number of nitrogens with two attached hydrogens (primary N) is 1. The van der Waals surface area contributed by atoms with E-state index in [-0.39, 0.29) is 10.7 Å². The van der Waals surface area contributed by atoms with Crippen molar-refractivity contribution in [1.29, 1.82) is 0 Å². The number of rotatable bonds is 3. The zero-order valence-corrected chi connectivity index (χ0v) is 12.6. The maximum Gasteiger partial charge on any atom is 0.265 e. The van der Waals surface area contributed by atoms with E-state index in [0.717, 1.165) is 0 Å². The Morgan fingerprint density at radius 1 is 1.26 bits per heavy atom. The van der Waals surface area contributed by atoms with Gasteiger partial charge in [0.1, 0.15) is 10.7 Å². The van der Waals surface area contributed by atoms with Crippen LogP contribution in [0, 0.1) is 0 Å². The molecule has 3 N–H and O–H groups in total. The smallest absolute Gasteiger partial charge is 0.265 e. The number of hydrogen-bond acceptors (Lipinski definition) is 4. The highest BCUT2D eigenvalue weighted by Crippen LogP contribution is 2.23. The fraction of sp³-hybridized carbons (Fsp3) is 0. The molecule has 100 valence electrons. The first-order chi connectivity index (χ1) is 8.88. The molecule has 0 aliphatic heterocycles. The zero-order chi connectivity index (χ0) is 14.0. The lowest BCUT2D eigenvalue weighted by atomic mass is 10.3. The summed E-state index contributed by atoms with van der Waals surface area (Å²) >= 11 is 8.89. The molecule has 0 saturated heterocycles. The Labute approximate surface area is 124 Å². The van der Waals surface area contributed by atoms with E-state index in [9.17, 15) is 8.42 Å². The lowest BCUT2D eigenvalue weighted by Crippen LogP contribution is -2.15. The van der Waals surface area contributed by atoms with Crippen molar-refractivity contribution in [2.45, 2.75) is 4.90 Å². The fourth-order valence-electron chi connectivity index (χ4n) is 1.37. The predicted molar refractivity (Wildman–Crippen MR) is 78.6 cm³/mol. The fourth-order valence-corrected chi connectivity index (χ4v) is 3.15. The van der Waals surface area contributed by atoms with Gasteiger partial charge in [0.05, 0.1) is 0 Å². The molecule has 0 bridgehead atoms. The molecule has 1 heterocycles. The molecule has 2 aromatic rings. The van der Waals surface area contributed by atoms with Gasteiger partial charge in [-0.3, -0.25) is 4.72 Å². The van der Waals surface area contributed by atoms with Gasteiger partial charge < -0.3 is 5.73 Å². The molecule has 1 aromatic heterocycles. The summed E-state index contributed by atoms with van der Waals surface area (Å²) in [6.45, 7) is 0. The first-order valence-corrected chi connectivity index (χ1v) is 7.73. The summed E-state index contributed by atoms with van der Waals surface area (Å²) in [7, 11) is -3.79. The third kappa shape index (κ3) is 3.37. The van der Waals surface area contributed by atoms with Crippen LogP contribution in [0.4, 0.5) is 11.5 Å². The van der Waals surface area contributed by atoms with Gasteiger partial charge in [-0.05, 0) is 46.3 Å². The van der Waals surface area contributed by atoms with Crippen molar-refractivity contribution in [3.05, 3.63) is 46.0 Å². The van der Waals surface area contributed by atoms with Crippen LogP contribution >= 0.6 is 27.5 Å². The van der Waals surface area contributed by atoms with Crippen LogP contribution in [-0.4, -0.2) is 13.4 Å². The molecule has 0 unspecified atom stereocenters. The van der Waals surface area contributed by atoms with E-state index in [2.05, 4.69) is 25.6 Å². The van der Waals surface area contributed by atoms with Crippen molar-refractivity contribution >= 4 is 49.1 Å². The van der Waals surface area contributed by atoms with Crippen LogP contribution in [0.2, 0.25) is 5.02 Å². The third-order valence-electron chi connectivity index (χ3n) is 2.23. The lowest BCUT2D eigenvalue weighted by Gasteiger charge is -2.09. The average Bonchev–Trinajstić information content (AvgIpc) is 2.35. The minimum atomic E-state index is -3.79. The molecule has 0 spiro atoms. The van der Waals surface area contributed by atoms with Crippen LogP contribution in [-0.2, 0) is 10.0 Å². The second-order valence-corrected chi connectivity index (χ2v) is 6.65. The minimum absolute atomic E-state index is 0.0651. The van der Waals surface area contributed by atoms with Gasteiger partial charge in [-0.2, -0.15) is 0 Å². The van der Waals surface area contributed by atoms with Crippen molar-refractivity contribution in [2.24, 2.45) is 0 Å². The van der Waals surface area contributed by atoms with Gasteiger partial charge in [0, 0.05) is 21.4 Å². The summed E-state index contributed by atoms with van der Waals surface area (Å²) in [5.41, 5.74) is 5.97. The molecule has 5 nitrogen and oxygen atoms in total. The number of hydrogen-bond donors (Lipinski definition) is 2. The van der Waals surface area contributed by atoms with Gasteiger partial charge >= 0.3 is 0 Å². The Kier molecular flexibility index (Phi) is 3.98. The molecule has 2 rings (SSSR count). The minimum Gasteiger partial charge on any atom is -0.383 e. The van der Waals surface area contributed by atoms with E-state index >= 15 is 0 Å². The van der Waals surface area contributed by atoms with E-state index in [4.69, 9.17) is 17.3 Å². The Hall–Kier alpha value is -1.31. The number of halogens is 2. The SMILES string of the molecule is Nc1ncc(Br)cc1S(=O)(=O)Nc1ccc(Cl)cc1. The summed E-state index contributed by atoms with van der Waals surface area (Å²) in [5, 5.41) is 0.520. The number of nitrogens with zero attached hydrogens (tertiary/aromatic N) is 1. The van der Waals surface area contributed by atoms with Crippen molar-refractivity contribution in [3.63, 3.8) is 0 Å². The van der Waals surface area contributed by atoms with E-state index in [0.29, 0.717) is 15.2 Å². The lowest BCUT2D eigenvalue weighted by molar-refractivity contribution is 0.601. The maximum atomic E-state index is 12.2. The molecule has 8 heteroatoms. The van der Waals surface area contributed by atoms with E-state index in [1.807, 2.05) is 0 Å². The molecule has 0 aliphatic carbocycles. The van der Waals surface area contributed by atoms with Gasteiger partial charge in [0.15, 0.2) is 0 Å². The monoisotopic (exact) mass is 361 g/mol. The number of anilines is 2. The Balaban J connectivity index is 2.37. The summed E-state index contributed by atoms with van der Waals surface area (Å²) in [6, 6.07) is 7.67. The van der Waals surface area contributed by atoms with Crippen molar-refractivity contribution in [3.8, 4) is 0 Å². The first-order valence-electron chi connectivity index (χ1n) is 5.08. The third-order valence-corrected chi connectivity index (χ3v) is 4.33. The van der Waals surface area contributed by atoms with Gasteiger partial charge in [-0.25, -0.2) is 13.4 Å². The molecular formula is C11H9BrClN3O2S. The molecule has 19 heavy (non-hydrogen) atoms. The predicted octanol–water partition coefficient (Wildman–Crippen LogP) is 2.88. The Morgan fingerprint density at radius 3 is 2.53 bits per heavy atom. The highest BCUT2D eigenvalue weighted by Gasteiger charge is 2.19. The molecule has 1 aromatic carbocycles. The van der Waals surface area contributed by atoms with Crippen molar-refractivity contribution in [2.75, 3.05) is 10.5 Å². The van der Waals surface area contributed by atoms with Gasteiger partial charge in [0.25, 0.3) is 10.0 Å². The molecule has 0 saturated carbocycles. The number of sulfonamides is 1. The number of benzene rings is 1. The van der Waals surface area contributed by atoms with Crippen LogP contribution in [0.1, 0.15) is 0 Å². The summed E-state index contributed by atoms with van der Waals surface area (Å²) in [5.74, 6) is -0.0651. The number of nitrogens with one attached hydrogen (secondary N) is 1. The summed E-state index contributed by atoms with van der Waals surface area (Å²) in [6.07, 6.45) is 1.43. The molecule has 0 aliphatic rings. The van der Waals surface area contributed by atoms with Gasteiger partial charge in [-0.15, -0.1) is 0 Å². The van der Waals surface area contributed by atoms with Crippen LogP contribution < -0.4 is 10.5 Å². The van der Waals surface area contributed by atoms with E-state index < -0.39 is 10.0 Å². The maximum absolute atomic E-state index is 12.2. The van der Waals surface area contributed by atoms with E-state index in [1.165, 1.54) is 12.3 Å². The van der Waals surface area contributed by atoms with Crippen LogP contribution in [0.5, 0.6) is 0 Å². The average molecular weight is 363 g/mol. The highest BCUT2D eigenvalue weighted by molar-refractivity contribution is 9.10. The zero-order valence-electron chi connectivity index (χ0n) is 9.47. The summed E-state index contributed by atoms with van der Waals surface area (Å²) < 4.78 is 27.3. The van der Waals surface area contributed by atoms with E-state index in [1.54, 1.807) is 24.3 Å². The Bertz CT molecular complexity index is 704. The van der Waals surface area contributed by atoms with Crippen LogP contribution in [0.15, 0.2) is 45.9 Å². The summed E-state index contributed by atoms with van der Waals surface area (Å²) in [4.78, 5) is 3.71. The second kappa shape index (κ2) is 5.36. The largest absolute Gasteiger partial charge is 0.383 e. The number of aromatic nitrogens is 1. The normalized spacial score (nSPS) is 11.3. The molecular weight excluding hydrogens is 354 g/mol. The standard InChI is InChI=1S/C11H9BrClN3O2S/c12-7-5-10(11(14)15-6-7)19(17,18)16-9-3-1-8(13)2-4-9/h1-6,16H,(H2,14,15). The van der Waals surface area contributed by atoms with Crippen molar-refractivity contribution in [1.82, 2.24) is 4.98 Å². The number of pyridine rings is 1. The number of nitrogen functional groups attached to an aromatic ring is 1. The highest BCUT2D eigenvalue weighted by atomic mass is 79.9. The Morgan fingerprint density at radius 2 is 1.89 bits per heavy atom. The second-order valence-electron chi connectivity index (χ2n) is 3.65. The topological polar surface area (TPSA) is 85.1 Å². The molecule has 0 radical (unpaired) electrons. The van der Waals surface area contributed by atoms with Crippen LogP contribution in [0.3, 0.4) is 0 Å². The van der Waals surface area contributed by atoms with Gasteiger partial charge in [0.2, 0.25) is 0 Å². The molecule has 0 fully saturated rings. The quantitative estimate of drug-likeness (QED) is 0.879.